The summed E-state index contributed by atoms with van der Waals surface area (Å²) in [5.74, 6) is -0.268. The number of amides is 2. The Kier molecular flexibility index (Phi) is 7.46. The predicted molar refractivity (Wildman–Crippen MR) is 126 cm³/mol. The van der Waals surface area contributed by atoms with Gasteiger partial charge >= 0.3 is 0 Å². The summed E-state index contributed by atoms with van der Waals surface area (Å²) in [5, 5.41) is 5.51. The van der Waals surface area contributed by atoms with E-state index in [1.54, 1.807) is 6.08 Å². The van der Waals surface area contributed by atoms with Gasteiger partial charge in [0.2, 0.25) is 11.8 Å². The molecule has 2 amide bonds. The number of hydrogen-bond acceptors (Lipinski definition) is 3. The van der Waals surface area contributed by atoms with Crippen LogP contribution in [0.3, 0.4) is 0 Å². The summed E-state index contributed by atoms with van der Waals surface area (Å²) >= 11 is 1.44. The molecule has 0 aliphatic carbocycles. The maximum absolute atomic E-state index is 12.5. The molecule has 0 spiro atoms. The molecule has 3 aromatic carbocycles. The first kappa shape index (κ1) is 21.4. The Bertz CT molecular complexity index is 1030. The quantitative estimate of drug-likeness (QED) is 0.380. The molecule has 5 heteroatoms. The second kappa shape index (κ2) is 10.5. The highest BCUT2D eigenvalue weighted by Crippen LogP contribution is 2.26. The second-order valence-electron chi connectivity index (χ2n) is 6.88. The van der Waals surface area contributed by atoms with E-state index in [0.717, 1.165) is 21.7 Å². The van der Waals surface area contributed by atoms with Gasteiger partial charge in [0.15, 0.2) is 0 Å². The van der Waals surface area contributed by atoms with Gasteiger partial charge in [-0.05, 0) is 55.8 Å². The fourth-order valence-electron chi connectivity index (χ4n) is 2.71. The predicted octanol–water partition coefficient (Wildman–Crippen LogP) is 5.77. The van der Waals surface area contributed by atoms with Crippen LogP contribution in [0, 0.1) is 6.92 Å². The van der Waals surface area contributed by atoms with Crippen LogP contribution >= 0.6 is 11.8 Å². The van der Waals surface area contributed by atoms with Crippen LogP contribution in [0.15, 0.2) is 89.8 Å². The number of thioether (sulfide) groups is 1. The molecular weight excluding hydrogens is 392 g/mol. The number of hydrogen-bond donors (Lipinski definition) is 2. The van der Waals surface area contributed by atoms with Crippen molar-refractivity contribution in [1.29, 1.82) is 0 Å². The van der Waals surface area contributed by atoms with Gasteiger partial charge in [0.05, 0.1) is 5.25 Å². The molecule has 30 heavy (non-hydrogen) atoms. The number of carbonyl (C=O) groups is 2. The maximum atomic E-state index is 12.5. The van der Waals surface area contributed by atoms with Gasteiger partial charge in [-0.1, -0.05) is 54.1 Å². The van der Waals surface area contributed by atoms with Gasteiger partial charge in [-0.3, -0.25) is 9.59 Å². The first-order valence-electron chi connectivity index (χ1n) is 9.68. The number of benzene rings is 3. The number of carbonyl (C=O) groups excluding carboxylic acids is 2. The fourth-order valence-corrected chi connectivity index (χ4v) is 3.63. The maximum Gasteiger partial charge on any atom is 0.248 e. The molecule has 0 radical (unpaired) electrons. The van der Waals surface area contributed by atoms with Crippen molar-refractivity contribution < 1.29 is 9.59 Å². The highest BCUT2D eigenvalue weighted by Gasteiger charge is 2.15. The lowest BCUT2D eigenvalue weighted by atomic mass is 10.2. The first-order valence-corrected chi connectivity index (χ1v) is 10.6. The van der Waals surface area contributed by atoms with Crippen LogP contribution in [0.4, 0.5) is 11.4 Å². The summed E-state index contributed by atoms with van der Waals surface area (Å²) in [7, 11) is 0. The molecule has 1 atom stereocenters. The average Bonchev–Trinajstić information content (AvgIpc) is 2.75. The van der Waals surface area contributed by atoms with Crippen molar-refractivity contribution in [2.75, 3.05) is 10.6 Å². The number of rotatable bonds is 7. The summed E-state index contributed by atoms with van der Waals surface area (Å²) in [6.45, 7) is 3.87. The molecule has 0 saturated heterocycles. The minimum Gasteiger partial charge on any atom is -0.325 e. The second-order valence-corrected chi connectivity index (χ2v) is 8.29. The molecule has 0 bridgehead atoms. The van der Waals surface area contributed by atoms with Crippen molar-refractivity contribution in [3.8, 4) is 0 Å². The monoisotopic (exact) mass is 416 g/mol. The Morgan fingerprint density at radius 2 is 1.60 bits per heavy atom. The molecule has 0 aromatic heterocycles. The molecule has 152 valence electrons. The normalized spacial score (nSPS) is 11.8. The lowest BCUT2D eigenvalue weighted by Crippen LogP contribution is -2.22. The summed E-state index contributed by atoms with van der Waals surface area (Å²) in [6, 6.07) is 24.9. The van der Waals surface area contributed by atoms with Crippen molar-refractivity contribution in [2.45, 2.75) is 24.0 Å². The number of nitrogens with one attached hydrogen (secondary N) is 2. The van der Waals surface area contributed by atoms with E-state index in [2.05, 4.69) is 10.6 Å². The fraction of sp³-hybridized carbons (Fsp3) is 0.120. The molecule has 0 aliphatic heterocycles. The first-order chi connectivity index (χ1) is 14.5. The number of aryl methyl sites for hydroxylation is 1. The van der Waals surface area contributed by atoms with E-state index in [1.807, 2.05) is 92.7 Å². The molecule has 3 aromatic rings. The van der Waals surface area contributed by atoms with Gasteiger partial charge in [0.1, 0.15) is 0 Å². The highest BCUT2D eigenvalue weighted by atomic mass is 32.2. The molecule has 2 N–H and O–H groups in total. The van der Waals surface area contributed by atoms with Gasteiger partial charge in [0.25, 0.3) is 0 Å². The molecular formula is C25H24N2O2S. The van der Waals surface area contributed by atoms with Crippen molar-refractivity contribution in [3.05, 3.63) is 96.1 Å². The van der Waals surface area contributed by atoms with E-state index in [0.29, 0.717) is 5.69 Å². The lowest BCUT2D eigenvalue weighted by molar-refractivity contribution is -0.115. The minimum absolute atomic E-state index is 0.0657. The zero-order chi connectivity index (χ0) is 21.3. The van der Waals surface area contributed by atoms with Gasteiger partial charge in [-0.2, -0.15) is 0 Å². The third-order valence-electron chi connectivity index (χ3n) is 4.33. The number of anilines is 2. The summed E-state index contributed by atoms with van der Waals surface area (Å²) < 4.78 is 0. The summed E-state index contributed by atoms with van der Waals surface area (Å²) in [6.07, 6.45) is 3.28. The van der Waals surface area contributed by atoms with Crippen molar-refractivity contribution in [1.82, 2.24) is 0 Å². The molecule has 0 fully saturated rings. The van der Waals surface area contributed by atoms with Crippen LogP contribution in [0.1, 0.15) is 18.1 Å². The molecule has 0 saturated carbocycles. The highest BCUT2D eigenvalue weighted by molar-refractivity contribution is 8.00. The van der Waals surface area contributed by atoms with Crippen molar-refractivity contribution >= 4 is 41.0 Å². The third-order valence-corrected chi connectivity index (χ3v) is 5.42. The van der Waals surface area contributed by atoms with Crippen molar-refractivity contribution in [2.24, 2.45) is 0 Å². The Labute approximate surface area is 181 Å². The third kappa shape index (κ3) is 6.64. The van der Waals surface area contributed by atoms with E-state index in [4.69, 9.17) is 0 Å². The summed E-state index contributed by atoms with van der Waals surface area (Å²) in [5.41, 5.74) is 3.58. The van der Waals surface area contributed by atoms with Crippen LogP contribution < -0.4 is 10.6 Å². The van der Waals surface area contributed by atoms with Gasteiger partial charge in [-0.15, -0.1) is 11.8 Å². The Hall–Kier alpha value is -3.31. The Morgan fingerprint density at radius 3 is 2.33 bits per heavy atom. The largest absolute Gasteiger partial charge is 0.325 e. The standard InChI is InChI=1S/C25H24N2O2S/c1-18-11-14-21(15-12-18)27-25(29)19(2)30-23-10-6-9-22(17-23)26-24(28)16-13-20-7-4-3-5-8-20/h3-17,19H,1-2H3,(H,26,28)(H,27,29)/b16-13+. The minimum atomic E-state index is -0.282. The molecule has 1 unspecified atom stereocenters. The zero-order valence-electron chi connectivity index (χ0n) is 17.0. The van der Waals surface area contributed by atoms with E-state index in [9.17, 15) is 9.59 Å². The molecule has 0 aliphatic rings. The van der Waals surface area contributed by atoms with Gasteiger partial charge in [-0.25, -0.2) is 0 Å². The molecule has 4 nitrogen and oxygen atoms in total. The van der Waals surface area contributed by atoms with Crippen LogP contribution in [0.2, 0.25) is 0 Å². The topological polar surface area (TPSA) is 58.2 Å². The van der Waals surface area contributed by atoms with Gasteiger partial charge < -0.3 is 10.6 Å². The summed E-state index contributed by atoms with van der Waals surface area (Å²) in [4.78, 5) is 25.6. The van der Waals surface area contributed by atoms with E-state index in [-0.39, 0.29) is 17.1 Å². The van der Waals surface area contributed by atoms with Crippen LogP contribution in [0.25, 0.3) is 6.08 Å². The lowest BCUT2D eigenvalue weighted by Gasteiger charge is -2.13. The van der Waals surface area contributed by atoms with E-state index in [1.165, 1.54) is 17.8 Å². The van der Waals surface area contributed by atoms with Crippen LogP contribution in [-0.2, 0) is 9.59 Å². The molecule has 0 heterocycles. The molecule has 3 rings (SSSR count). The van der Waals surface area contributed by atoms with E-state index < -0.39 is 0 Å². The Morgan fingerprint density at radius 1 is 0.867 bits per heavy atom. The SMILES string of the molecule is Cc1ccc(NC(=O)C(C)Sc2cccc(NC(=O)/C=C/c3ccccc3)c2)cc1. The van der Waals surface area contributed by atoms with Crippen molar-refractivity contribution in [3.63, 3.8) is 0 Å². The van der Waals surface area contributed by atoms with Gasteiger partial charge in [0, 0.05) is 22.3 Å². The zero-order valence-corrected chi connectivity index (χ0v) is 17.8. The van der Waals surface area contributed by atoms with Crippen LogP contribution in [-0.4, -0.2) is 17.1 Å². The van der Waals surface area contributed by atoms with E-state index >= 15 is 0 Å². The average molecular weight is 417 g/mol. The van der Waals surface area contributed by atoms with Crippen LogP contribution in [0.5, 0.6) is 0 Å². The Balaban J connectivity index is 1.56. The smallest absolute Gasteiger partial charge is 0.248 e.